The maximum atomic E-state index is 6.05. The van der Waals surface area contributed by atoms with E-state index in [1.807, 2.05) is 0 Å². The number of rotatable bonds is 6. The van der Waals surface area contributed by atoms with Crippen LogP contribution in [0.5, 0.6) is 0 Å². The fourth-order valence-electron chi connectivity index (χ4n) is 4.49. The van der Waals surface area contributed by atoms with Crippen molar-refractivity contribution in [3.05, 3.63) is 71.3 Å². The Morgan fingerprint density at radius 1 is 1.04 bits per heavy atom. The van der Waals surface area contributed by atoms with Crippen molar-refractivity contribution in [1.82, 2.24) is 0 Å². The van der Waals surface area contributed by atoms with Gasteiger partial charge in [0.15, 0.2) is 0 Å². The zero-order valence-corrected chi connectivity index (χ0v) is 16.8. The Hall–Kier alpha value is -1.64. The van der Waals surface area contributed by atoms with Gasteiger partial charge in [-0.2, -0.15) is 0 Å². The molecule has 0 radical (unpaired) electrons. The zero-order valence-electron chi connectivity index (χ0n) is 16.8. The molecule has 2 heteroatoms. The van der Waals surface area contributed by atoms with Gasteiger partial charge in [-0.15, -0.1) is 0 Å². The largest absolute Gasteiger partial charge is 0.376 e. The van der Waals surface area contributed by atoms with Crippen LogP contribution in [0.1, 0.15) is 62.8 Å². The van der Waals surface area contributed by atoms with Gasteiger partial charge in [-0.1, -0.05) is 60.2 Å². The predicted octanol–water partition coefficient (Wildman–Crippen LogP) is 4.54. The Morgan fingerprint density at radius 3 is 2.38 bits per heavy atom. The molecule has 0 amide bonds. The van der Waals surface area contributed by atoms with Crippen LogP contribution in [0.3, 0.4) is 0 Å². The van der Waals surface area contributed by atoms with Crippen molar-refractivity contribution in [2.75, 3.05) is 13.2 Å². The highest BCUT2D eigenvalue weighted by Gasteiger charge is 2.42. The molecule has 26 heavy (non-hydrogen) atoms. The molecule has 2 atom stereocenters. The van der Waals surface area contributed by atoms with Crippen molar-refractivity contribution in [2.24, 2.45) is 0 Å². The van der Waals surface area contributed by atoms with Gasteiger partial charge in [-0.25, -0.2) is 0 Å². The van der Waals surface area contributed by atoms with Crippen molar-refractivity contribution >= 4 is 0 Å². The van der Waals surface area contributed by atoms with E-state index < -0.39 is 0 Å². The fraction of sp³-hybridized carbons (Fsp3) is 0.500. The zero-order chi connectivity index (χ0) is 18.6. The summed E-state index contributed by atoms with van der Waals surface area (Å²) in [6.07, 6.45) is 3.41. The van der Waals surface area contributed by atoms with Gasteiger partial charge in [0.25, 0.3) is 0 Å². The molecule has 0 spiro atoms. The molecular weight excluding hydrogens is 318 g/mol. The summed E-state index contributed by atoms with van der Waals surface area (Å²) in [7, 11) is 0. The van der Waals surface area contributed by atoms with E-state index in [9.17, 15) is 0 Å². The van der Waals surface area contributed by atoms with Crippen molar-refractivity contribution < 1.29 is 10.1 Å². The topological polar surface area (TPSA) is 25.8 Å². The van der Waals surface area contributed by atoms with Gasteiger partial charge in [0.05, 0.1) is 12.1 Å². The van der Waals surface area contributed by atoms with E-state index in [0.29, 0.717) is 6.04 Å². The van der Waals surface area contributed by atoms with Crippen LogP contribution >= 0.6 is 0 Å². The second kappa shape index (κ2) is 7.94. The lowest BCUT2D eigenvalue weighted by molar-refractivity contribution is -0.693. The number of hydrogen-bond acceptors (Lipinski definition) is 1. The SMILES string of the molecule is Cc1ccc([C@]2(CC[NH2+][C@H](C)c3ccccc3)CCOC(C)(C)C2)cc1. The summed E-state index contributed by atoms with van der Waals surface area (Å²) >= 11 is 0. The lowest BCUT2D eigenvalue weighted by atomic mass is 9.67. The number of benzene rings is 2. The Morgan fingerprint density at radius 2 is 1.73 bits per heavy atom. The Kier molecular flexibility index (Phi) is 5.84. The van der Waals surface area contributed by atoms with E-state index >= 15 is 0 Å². The summed E-state index contributed by atoms with van der Waals surface area (Å²) in [6.45, 7) is 11.0. The van der Waals surface area contributed by atoms with Gasteiger partial charge in [0.2, 0.25) is 0 Å². The number of quaternary nitrogens is 1. The molecule has 140 valence electrons. The monoisotopic (exact) mass is 352 g/mol. The Bertz CT molecular complexity index is 692. The van der Waals surface area contributed by atoms with E-state index in [4.69, 9.17) is 4.74 Å². The highest BCUT2D eigenvalue weighted by Crippen LogP contribution is 2.43. The normalized spacial score (nSPS) is 23.5. The van der Waals surface area contributed by atoms with Crippen LogP contribution in [-0.2, 0) is 10.2 Å². The van der Waals surface area contributed by atoms with Crippen molar-refractivity contribution in [2.45, 2.75) is 64.0 Å². The van der Waals surface area contributed by atoms with Crippen molar-refractivity contribution in [3.8, 4) is 0 Å². The molecule has 1 fully saturated rings. The Labute approximate surface area is 159 Å². The number of hydrogen-bond donors (Lipinski definition) is 1. The van der Waals surface area contributed by atoms with E-state index in [1.165, 1.54) is 23.1 Å². The highest BCUT2D eigenvalue weighted by molar-refractivity contribution is 5.30. The standard InChI is InChI=1S/C24H33NO/c1-19-10-12-22(13-11-19)24(15-17-26-23(3,4)18-24)14-16-25-20(2)21-8-6-5-7-9-21/h5-13,20,25H,14-18H2,1-4H3/p+1/t20-,24-/m1/s1. The summed E-state index contributed by atoms with van der Waals surface area (Å²) in [5.41, 5.74) is 4.40. The molecule has 2 aromatic carbocycles. The first-order valence-electron chi connectivity index (χ1n) is 10.00. The third-order valence-corrected chi connectivity index (χ3v) is 5.97. The molecule has 1 aliphatic rings. The van der Waals surface area contributed by atoms with Gasteiger partial charge in [0.1, 0.15) is 6.04 Å². The molecule has 1 aliphatic heterocycles. The second-order valence-electron chi connectivity index (χ2n) is 8.66. The minimum atomic E-state index is -0.0474. The average molecular weight is 353 g/mol. The van der Waals surface area contributed by atoms with Gasteiger partial charge in [0, 0.05) is 24.0 Å². The van der Waals surface area contributed by atoms with Crippen LogP contribution in [0.4, 0.5) is 0 Å². The van der Waals surface area contributed by atoms with Crippen LogP contribution in [0, 0.1) is 6.92 Å². The average Bonchev–Trinajstić information content (AvgIpc) is 2.62. The van der Waals surface area contributed by atoms with Crippen molar-refractivity contribution in [1.29, 1.82) is 0 Å². The maximum Gasteiger partial charge on any atom is 0.109 e. The van der Waals surface area contributed by atoms with Crippen LogP contribution in [0.25, 0.3) is 0 Å². The maximum absolute atomic E-state index is 6.05. The van der Waals surface area contributed by atoms with Gasteiger partial charge < -0.3 is 10.1 Å². The molecule has 2 N–H and O–H groups in total. The summed E-state index contributed by atoms with van der Waals surface area (Å²) in [6, 6.07) is 20.5. The smallest absolute Gasteiger partial charge is 0.109 e. The van der Waals surface area contributed by atoms with Gasteiger partial charge in [-0.3, -0.25) is 0 Å². The molecule has 0 aliphatic carbocycles. The lowest BCUT2D eigenvalue weighted by Crippen LogP contribution is -2.85. The molecule has 2 aromatic rings. The fourth-order valence-corrected chi connectivity index (χ4v) is 4.49. The molecule has 0 unspecified atom stereocenters. The third-order valence-electron chi connectivity index (χ3n) is 5.97. The second-order valence-corrected chi connectivity index (χ2v) is 8.66. The van der Waals surface area contributed by atoms with E-state index in [-0.39, 0.29) is 11.0 Å². The summed E-state index contributed by atoms with van der Waals surface area (Å²) in [4.78, 5) is 0. The lowest BCUT2D eigenvalue weighted by Gasteiger charge is -2.45. The number of ether oxygens (including phenoxy) is 1. The van der Waals surface area contributed by atoms with Crippen molar-refractivity contribution in [3.63, 3.8) is 0 Å². The first-order chi connectivity index (χ1) is 12.4. The molecule has 1 heterocycles. The van der Waals surface area contributed by atoms with Gasteiger partial charge >= 0.3 is 0 Å². The number of nitrogens with two attached hydrogens (primary N) is 1. The summed E-state index contributed by atoms with van der Waals surface area (Å²) in [5, 5.41) is 2.49. The first kappa shape index (κ1) is 19.1. The molecule has 3 rings (SSSR count). The summed E-state index contributed by atoms with van der Waals surface area (Å²) < 4.78 is 6.05. The molecule has 1 saturated heterocycles. The predicted molar refractivity (Wildman–Crippen MR) is 108 cm³/mol. The first-order valence-corrected chi connectivity index (χ1v) is 10.00. The molecule has 0 aromatic heterocycles. The molecule has 0 saturated carbocycles. The summed E-state index contributed by atoms with van der Waals surface area (Å²) in [5.74, 6) is 0. The molecule has 2 nitrogen and oxygen atoms in total. The van der Waals surface area contributed by atoms with Crippen LogP contribution in [-0.4, -0.2) is 18.8 Å². The number of aryl methyl sites for hydroxylation is 1. The van der Waals surface area contributed by atoms with Crippen LogP contribution < -0.4 is 5.32 Å². The Balaban J connectivity index is 1.73. The van der Waals surface area contributed by atoms with Gasteiger partial charge in [-0.05, 0) is 46.1 Å². The minimum Gasteiger partial charge on any atom is -0.376 e. The highest BCUT2D eigenvalue weighted by atomic mass is 16.5. The quantitative estimate of drug-likeness (QED) is 0.812. The van der Waals surface area contributed by atoms with Crippen LogP contribution in [0.2, 0.25) is 0 Å². The van der Waals surface area contributed by atoms with E-state index in [0.717, 1.165) is 26.0 Å². The molecule has 0 bridgehead atoms. The minimum absolute atomic E-state index is 0.0474. The van der Waals surface area contributed by atoms with Crippen LogP contribution in [0.15, 0.2) is 54.6 Å². The van der Waals surface area contributed by atoms with E-state index in [2.05, 4.69) is 87.6 Å². The van der Waals surface area contributed by atoms with E-state index in [1.54, 1.807) is 0 Å². The molecular formula is C24H34NO+. The third kappa shape index (κ3) is 4.55.